The van der Waals surface area contributed by atoms with Gasteiger partial charge in [0.1, 0.15) is 16.9 Å². The van der Waals surface area contributed by atoms with Gasteiger partial charge in [-0.05, 0) is 29.8 Å². The molecule has 0 atom stereocenters. The molecule has 1 aromatic heterocycles. The van der Waals surface area contributed by atoms with Crippen LogP contribution in [0.2, 0.25) is 0 Å². The molecule has 0 aliphatic heterocycles. The van der Waals surface area contributed by atoms with E-state index in [0.29, 0.717) is 11.0 Å². The Bertz CT molecular complexity index is 1020. The number of ketones is 1. The smallest absolute Gasteiger partial charge is 0.504 e. The number of rotatable bonds is 4. The first-order valence-electron chi connectivity index (χ1n) is 7.09. The lowest BCUT2D eigenvalue weighted by molar-refractivity contribution is -0.112. The summed E-state index contributed by atoms with van der Waals surface area (Å²) in [6, 6.07) is 12.2. The van der Waals surface area contributed by atoms with Crippen LogP contribution in [0.5, 0.6) is 0 Å². The van der Waals surface area contributed by atoms with Gasteiger partial charge in [0.2, 0.25) is 0 Å². The van der Waals surface area contributed by atoms with E-state index in [9.17, 15) is 18.2 Å². The summed E-state index contributed by atoms with van der Waals surface area (Å²) >= 11 is 0. The van der Waals surface area contributed by atoms with E-state index < -0.39 is 24.6 Å². The van der Waals surface area contributed by atoms with Crippen molar-refractivity contribution in [1.29, 1.82) is 0 Å². The fourth-order valence-corrected chi connectivity index (χ4v) is 2.50. The van der Waals surface area contributed by atoms with Crippen LogP contribution in [-0.2, 0) is 9.45 Å². The molecule has 0 aliphatic carbocycles. The van der Waals surface area contributed by atoms with Crippen LogP contribution >= 0.6 is 0 Å². The summed E-state index contributed by atoms with van der Waals surface area (Å²) in [5.41, 5.74) is -0.762. The molecule has 1 heterocycles. The Morgan fingerprint density at radius 3 is 2.62 bits per heavy atom. The molecule has 24 heavy (non-hydrogen) atoms. The molecule has 0 unspecified atom stereocenters. The molecule has 4 nitrogen and oxygen atoms in total. The molecule has 0 bridgehead atoms. The van der Waals surface area contributed by atoms with Crippen molar-refractivity contribution in [3.63, 3.8) is 0 Å². The minimum atomic E-state index is -3.17. The normalized spacial score (nSPS) is 11.7. The van der Waals surface area contributed by atoms with Crippen molar-refractivity contribution in [1.82, 2.24) is 0 Å². The van der Waals surface area contributed by atoms with Crippen LogP contribution in [0.15, 0.2) is 57.8 Å². The Morgan fingerprint density at radius 1 is 1.17 bits per heavy atom. The zero-order valence-electron chi connectivity index (χ0n) is 12.6. The third kappa shape index (κ3) is 3.06. The van der Waals surface area contributed by atoms with Crippen molar-refractivity contribution in [3.05, 3.63) is 64.5 Å². The molecule has 3 rings (SSSR count). The van der Waals surface area contributed by atoms with Crippen molar-refractivity contribution in [2.45, 2.75) is 6.92 Å². The highest BCUT2D eigenvalue weighted by molar-refractivity contribution is 6.36. The Hall–Kier alpha value is -2.96. The predicted octanol–water partition coefficient (Wildman–Crippen LogP) is 3.82. The van der Waals surface area contributed by atoms with Crippen molar-refractivity contribution in [2.24, 2.45) is 0 Å². The summed E-state index contributed by atoms with van der Waals surface area (Å²) in [5.74, 6) is -1.04. The third-order valence-electron chi connectivity index (χ3n) is 3.46. The van der Waals surface area contributed by atoms with Gasteiger partial charge in [-0.25, -0.2) is 13.4 Å². The molecular weight excluding hydrogens is 317 g/mol. The highest BCUT2D eigenvalue weighted by Gasteiger charge is 2.23. The van der Waals surface area contributed by atoms with Crippen LogP contribution in [0.1, 0.15) is 12.5 Å². The number of carbonyl (C=O) groups excluding carboxylic acids is 1. The highest BCUT2D eigenvalue weighted by atomic mass is 19.2. The van der Waals surface area contributed by atoms with Gasteiger partial charge in [0.05, 0.1) is 0 Å². The summed E-state index contributed by atoms with van der Waals surface area (Å²) < 4.78 is 34.8. The molecule has 2 aromatic carbocycles. The van der Waals surface area contributed by atoms with Crippen molar-refractivity contribution in [3.8, 4) is 0 Å². The molecule has 0 saturated carbocycles. The fraction of sp³-hybridized carbons (Fsp3) is 0.0588. The van der Waals surface area contributed by atoms with Crippen LogP contribution < -0.4 is 5.63 Å². The van der Waals surface area contributed by atoms with Crippen LogP contribution in [0.4, 0.5) is 8.63 Å². The zero-order chi connectivity index (χ0) is 17.3. The maximum Gasteiger partial charge on any atom is 0.796 e. The standard InChI is InChI=1S/C17H11BF2O4/c1-10(21)8-16(24-18(19)20)14-9-13-12-5-3-2-4-11(12)6-7-15(13)23-17(14)22/h2-9H,1H3/b16-8-. The molecule has 0 aliphatic rings. The number of halogens is 2. The third-order valence-corrected chi connectivity index (χ3v) is 3.46. The lowest BCUT2D eigenvalue weighted by atomic mass is 10.0. The van der Waals surface area contributed by atoms with Crippen LogP contribution in [-0.4, -0.2) is 13.3 Å². The van der Waals surface area contributed by atoms with E-state index >= 15 is 0 Å². The largest absolute Gasteiger partial charge is 0.796 e. The Labute approximate surface area is 135 Å². The average Bonchev–Trinajstić information content (AvgIpc) is 2.52. The van der Waals surface area contributed by atoms with Crippen molar-refractivity contribution < 1.29 is 22.5 Å². The first-order valence-corrected chi connectivity index (χ1v) is 7.09. The summed E-state index contributed by atoms with van der Waals surface area (Å²) in [6.45, 7) is 1.17. The number of fused-ring (bicyclic) bond motifs is 3. The second kappa shape index (κ2) is 6.27. The van der Waals surface area contributed by atoms with E-state index in [1.807, 2.05) is 24.3 Å². The molecule has 7 heteroatoms. The van der Waals surface area contributed by atoms with Crippen molar-refractivity contribution >= 4 is 40.8 Å². The van der Waals surface area contributed by atoms with Gasteiger partial charge in [-0.1, -0.05) is 30.3 Å². The van der Waals surface area contributed by atoms with Gasteiger partial charge in [0.25, 0.3) is 0 Å². The minimum absolute atomic E-state index is 0.227. The maximum atomic E-state index is 12.6. The zero-order valence-corrected chi connectivity index (χ0v) is 12.6. The first-order chi connectivity index (χ1) is 11.5. The van der Waals surface area contributed by atoms with E-state index in [1.54, 1.807) is 12.1 Å². The second-order valence-corrected chi connectivity index (χ2v) is 5.14. The minimum Gasteiger partial charge on any atom is -0.504 e. The predicted molar refractivity (Wildman–Crippen MR) is 87.7 cm³/mol. The van der Waals surface area contributed by atoms with Gasteiger partial charge < -0.3 is 9.07 Å². The van der Waals surface area contributed by atoms with Gasteiger partial charge in [0.15, 0.2) is 5.78 Å². The van der Waals surface area contributed by atoms with E-state index in [4.69, 9.17) is 4.42 Å². The Morgan fingerprint density at radius 2 is 1.92 bits per heavy atom. The monoisotopic (exact) mass is 328 g/mol. The average molecular weight is 328 g/mol. The Kier molecular flexibility index (Phi) is 4.16. The van der Waals surface area contributed by atoms with Gasteiger partial charge in [-0.15, -0.1) is 0 Å². The molecule has 120 valence electrons. The first kappa shape index (κ1) is 15.9. The molecule has 0 amide bonds. The Balaban J connectivity index is 2.31. The van der Waals surface area contributed by atoms with Gasteiger partial charge in [0, 0.05) is 11.5 Å². The van der Waals surface area contributed by atoms with Gasteiger partial charge in [-0.2, -0.15) is 0 Å². The number of hydrogen-bond donors (Lipinski definition) is 0. The van der Waals surface area contributed by atoms with Crippen molar-refractivity contribution in [2.75, 3.05) is 0 Å². The quantitative estimate of drug-likeness (QED) is 0.240. The topological polar surface area (TPSA) is 56.5 Å². The van der Waals surface area contributed by atoms with Gasteiger partial charge >= 0.3 is 13.1 Å². The fourth-order valence-electron chi connectivity index (χ4n) is 2.50. The second-order valence-electron chi connectivity index (χ2n) is 5.14. The van der Waals surface area contributed by atoms with Crippen LogP contribution in [0.3, 0.4) is 0 Å². The maximum absolute atomic E-state index is 12.6. The van der Waals surface area contributed by atoms with Crippen LogP contribution in [0.25, 0.3) is 27.5 Å². The molecule has 0 spiro atoms. The molecular formula is C17H11BF2O4. The van der Waals surface area contributed by atoms with E-state index in [0.717, 1.165) is 16.8 Å². The summed E-state index contributed by atoms with van der Waals surface area (Å²) in [5, 5.41) is 2.26. The van der Waals surface area contributed by atoms with E-state index in [1.165, 1.54) is 13.0 Å². The summed E-state index contributed by atoms with van der Waals surface area (Å²) in [4.78, 5) is 23.4. The summed E-state index contributed by atoms with van der Waals surface area (Å²) in [6.07, 6.45) is 0.843. The van der Waals surface area contributed by atoms with Gasteiger partial charge in [-0.3, -0.25) is 4.79 Å². The SMILES string of the molecule is CC(=O)/C=C(\OB(F)F)c1cc2c(ccc3ccccc32)oc1=O. The number of hydrogen-bond acceptors (Lipinski definition) is 4. The van der Waals surface area contributed by atoms with Crippen LogP contribution in [0, 0.1) is 0 Å². The molecule has 3 aromatic rings. The molecule has 0 saturated heterocycles. The number of carbonyl (C=O) groups is 1. The summed E-state index contributed by atoms with van der Waals surface area (Å²) in [7, 11) is -3.17. The molecule has 0 N–H and O–H groups in total. The lowest BCUT2D eigenvalue weighted by Crippen LogP contribution is -2.13. The number of allylic oxidation sites excluding steroid dienone is 1. The molecule has 0 radical (unpaired) electrons. The number of benzene rings is 2. The molecule has 0 fully saturated rings. The van der Waals surface area contributed by atoms with E-state index in [-0.39, 0.29) is 5.56 Å². The van der Waals surface area contributed by atoms with E-state index in [2.05, 4.69) is 4.65 Å². The lowest BCUT2D eigenvalue weighted by Gasteiger charge is -2.09. The highest BCUT2D eigenvalue weighted by Crippen LogP contribution is 2.27.